The topological polar surface area (TPSA) is 66.3 Å². The van der Waals surface area contributed by atoms with Crippen LogP contribution in [0.25, 0.3) is 15.5 Å². The number of H-pyrrole nitrogens is 1. The van der Waals surface area contributed by atoms with Crippen LogP contribution in [-0.2, 0) is 17.8 Å². The predicted molar refractivity (Wildman–Crippen MR) is 95.1 cm³/mol. The second-order valence-corrected chi connectivity index (χ2v) is 7.33. The Balaban J connectivity index is 1.41. The van der Waals surface area contributed by atoms with Crippen LogP contribution >= 0.6 is 22.7 Å². The first-order valence-electron chi connectivity index (χ1n) is 7.42. The van der Waals surface area contributed by atoms with Crippen LogP contribution in [0.15, 0.2) is 41.4 Å². The van der Waals surface area contributed by atoms with Crippen LogP contribution in [0, 0.1) is 0 Å². The van der Waals surface area contributed by atoms with Gasteiger partial charge in [0.1, 0.15) is 5.69 Å². The summed E-state index contributed by atoms with van der Waals surface area (Å²) in [7, 11) is 1.80. The molecule has 0 aliphatic heterocycles. The highest BCUT2D eigenvalue weighted by Crippen LogP contribution is 2.23. The van der Waals surface area contributed by atoms with Crippen molar-refractivity contribution in [1.82, 2.24) is 24.5 Å². The molecule has 0 fully saturated rings. The lowest BCUT2D eigenvalue weighted by Gasteiger charge is -2.15. The van der Waals surface area contributed by atoms with Gasteiger partial charge >= 0.3 is 0 Å². The number of imidazole rings is 1. The average Bonchev–Trinajstić information content (AvgIpc) is 3.31. The first-order chi connectivity index (χ1) is 11.7. The molecule has 0 unspecified atom stereocenters. The predicted octanol–water partition coefficient (Wildman–Crippen LogP) is 3.05. The summed E-state index contributed by atoms with van der Waals surface area (Å²) in [6.45, 7) is 0.499. The number of fused-ring (bicyclic) bond motifs is 1. The molecule has 8 heteroatoms. The van der Waals surface area contributed by atoms with Crippen LogP contribution in [-0.4, -0.2) is 37.4 Å². The number of nitrogens with zero attached hydrogens (tertiary/aromatic N) is 4. The number of carbonyl (C=O) groups is 1. The molecule has 4 rings (SSSR count). The third-order valence-electron chi connectivity index (χ3n) is 3.71. The Labute approximate surface area is 146 Å². The molecule has 0 aromatic carbocycles. The number of hydrogen-bond donors (Lipinski definition) is 1. The quantitative estimate of drug-likeness (QED) is 0.597. The van der Waals surface area contributed by atoms with Crippen LogP contribution in [0.3, 0.4) is 0 Å². The van der Waals surface area contributed by atoms with Crippen molar-refractivity contribution in [3.05, 3.63) is 52.7 Å². The lowest BCUT2D eigenvalue weighted by molar-refractivity contribution is -0.129. The van der Waals surface area contributed by atoms with Crippen molar-refractivity contribution < 1.29 is 4.79 Å². The van der Waals surface area contributed by atoms with Crippen molar-refractivity contribution in [2.45, 2.75) is 13.0 Å². The molecule has 1 amide bonds. The molecule has 0 spiro atoms. The van der Waals surface area contributed by atoms with Crippen molar-refractivity contribution >= 4 is 33.5 Å². The molecule has 4 aromatic heterocycles. The number of aromatic nitrogens is 4. The second-order valence-electron chi connectivity index (χ2n) is 5.51. The number of thiazole rings is 1. The van der Waals surface area contributed by atoms with Gasteiger partial charge in [0.2, 0.25) is 5.91 Å². The van der Waals surface area contributed by atoms with Crippen LogP contribution in [0.2, 0.25) is 0 Å². The minimum Gasteiger partial charge on any atom is -0.340 e. The number of rotatable bonds is 5. The lowest BCUT2D eigenvalue weighted by atomic mass is 10.2. The maximum Gasteiger partial charge on any atom is 0.228 e. The van der Waals surface area contributed by atoms with Crippen molar-refractivity contribution in [3.8, 4) is 10.6 Å². The van der Waals surface area contributed by atoms with E-state index in [0.717, 1.165) is 26.9 Å². The minimum atomic E-state index is 0.0352. The SMILES string of the molecule is CN(Cc1cc(-c2cccs2)n[nH]1)C(=O)Cc1cn2ccsc2n1. The second kappa shape index (κ2) is 6.21. The van der Waals surface area contributed by atoms with E-state index in [2.05, 4.69) is 15.2 Å². The molecular weight excluding hydrogens is 342 g/mol. The monoisotopic (exact) mass is 357 g/mol. The van der Waals surface area contributed by atoms with E-state index < -0.39 is 0 Å². The number of nitrogens with one attached hydrogen (secondary N) is 1. The van der Waals surface area contributed by atoms with E-state index in [9.17, 15) is 4.79 Å². The van der Waals surface area contributed by atoms with Crippen LogP contribution in [0.5, 0.6) is 0 Å². The fraction of sp³-hybridized carbons (Fsp3) is 0.188. The number of likely N-dealkylation sites (N-methyl/N-ethyl adjacent to an activating group) is 1. The molecule has 6 nitrogen and oxygen atoms in total. The van der Waals surface area contributed by atoms with Gasteiger partial charge in [-0.2, -0.15) is 5.10 Å². The molecule has 0 bridgehead atoms. The summed E-state index contributed by atoms with van der Waals surface area (Å²) in [6.07, 6.45) is 4.15. The number of hydrogen-bond acceptors (Lipinski definition) is 5. The van der Waals surface area contributed by atoms with Crippen LogP contribution in [0.4, 0.5) is 0 Å². The Hall–Kier alpha value is -2.45. The van der Waals surface area contributed by atoms with Crippen LogP contribution < -0.4 is 0 Å². The number of aromatic amines is 1. The highest BCUT2D eigenvalue weighted by molar-refractivity contribution is 7.15. The molecule has 122 valence electrons. The van der Waals surface area contributed by atoms with E-state index >= 15 is 0 Å². The molecule has 0 aliphatic carbocycles. The zero-order valence-corrected chi connectivity index (χ0v) is 14.6. The van der Waals surface area contributed by atoms with Gasteiger partial charge < -0.3 is 4.90 Å². The van der Waals surface area contributed by atoms with E-state index in [1.807, 2.05) is 45.8 Å². The van der Waals surface area contributed by atoms with Gasteiger partial charge in [-0.15, -0.1) is 22.7 Å². The van der Waals surface area contributed by atoms with E-state index in [1.54, 1.807) is 34.6 Å². The number of amides is 1. The summed E-state index contributed by atoms with van der Waals surface area (Å²) in [5.74, 6) is 0.0352. The van der Waals surface area contributed by atoms with E-state index in [4.69, 9.17) is 0 Å². The first-order valence-corrected chi connectivity index (χ1v) is 9.18. The maximum absolute atomic E-state index is 12.4. The van der Waals surface area contributed by atoms with Gasteiger partial charge in [0.15, 0.2) is 4.96 Å². The highest BCUT2D eigenvalue weighted by atomic mass is 32.1. The highest BCUT2D eigenvalue weighted by Gasteiger charge is 2.14. The Morgan fingerprint density at radius 1 is 1.38 bits per heavy atom. The summed E-state index contributed by atoms with van der Waals surface area (Å²) in [5.41, 5.74) is 2.62. The third kappa shape index (κ3) is 2.98. The summed E-state index contributed by atoms with van der Waals surface area (Å²) in [6, 6.07) is 6.02. The molecule has 1 N–H and O–H groups in total. The fourth-order valence-corrected chi connectivity index (χ4v) is 3.89. The average molecular weight is 357 g/mol. The first kappa shape index (κ1) is 15.1. The molecular formula is C16H15N5OS2. The summed E-state index contributed by atoms with van der Waals surface area (Å²) < 4.78 is 1.94. The Morgan fingerprint density at radius 2 is 2.29 bits per heavy atom. The Kier molecular flexibility index (Phi) is 3.91. The van der Waals surface area contributed by atoms with E-state index in [0.29, 0.717) is 13.0 Å². The third-order valence-corrected chi connectivity index (χ3v) is 5.38. The Morgan fingerprint density at radius 3 is 3.08 bits per heavy atom. The molecule has 4 heterocycles. The number of thiophene rings is 1. The van der Waals surface area contributed by atoms with Crippen molar-refractivity contribution in [2.75, 3.05) is 7.05 Å². The Bertz CT molecular complexity index is 937. The van der Waals surface area contributed by atoms with Gasteiger partial charge in [-0.25, -0.2) is 4.98 Å². The lowest BCUT2D eigenvalue weighted by Crippen LogP contribution is -2.28. The van der Waals surface area contributed by atoms with Crippen molar-refractivity contribution in [1.29, 1.82) is 0 Å². The van der Waals surface area contributed by atoms with Crippen LogP contribution in [0.1, 0.15) is 11.4 Å². The summed E-state index contributed by atoms with van der Waals surface area (Å²) >= 11 is 3.21. The summed E-state index contributed by atoms with van der Waals surface area (Å²) in [4.78, 5) is 20.6. The zero-order chi connectivity index (χ0) is 16.5. The van der Waals surface area contributed by atoms with Gasteiger partial charge in [0.05, 0.1) is 29.2 Å². The number of carbonyl (C=O) groups excluding carboxylic acids is 1. The van der Waals surface area contributed by atoms with Gasteiger partial charge in [-0.3, -0.25) is 14.3 Å². The molecule has 0 aliphatic rings. The molecule has 0 saturated heterocycles. The van der Waals surface area contributed by atoms with E-state index in [-0.39, 0.29) is 5.91 Å². The minimum absolute atomic E-state index is 0.0352. The zero-order valence-electron chi connectivity index (χ0n) is 13.0. The van der Waals surface area contributed by atoms with E-state index in [1.165, 1.54) is 0 Å². The standard InChI is InChI=1S/C16H15N5OS2/c1-20(9-12-7-13(19-18-12)14-3-2-5-23-14)15(22)8-11-10-21-4-6-24-16(21)17-11/h2-7,10H,8-9H2,1H3,(H,18,19). The van der Waals surface area contributed by atoms with Crippen molar-refractivity contribution in [2.24, 2.45) is 0 Å². The summed E-state index contributed by atoms with van der Waals surface area (Å²) in [5, 5.41) is 11.3. The molecule has 0 radical (unpaired) electrons. The molecule has 4 aromatic rings. The molecule has 0 atom stereocenters. The maximum atomic E-state index is 12.4. The normalized spacial score (nSPS) is 11.2. The van der Waals surface area contributed by atoms with Gasteiger partial charge in [0.25, 0.3) is 0 Å². The molecule has 24 heavy (non-hydrogen) atoms. The largest absolute Gasteiger partial charge is 0.340 e. The van der Waals surface area contributed by atoms with Gasteiger partial charge in [-0.1, -0.05) is 6.07 Å². The molecule has 0 saturated carbocycles. The van der Waals surface area contributed by atoms with Gasteiger partial charge in [0, 0.05) is 24.8 Å². The van der Waals surface area contributed by atoms with Crippen molar-refractivity contribution in [3.63, 3.8) is 0 Å². The smallest absolute Gasteiger partial charge is 0.228 e. The van der Waals surface area contributed by atoms with Gasteiger partial charge in [-0.05, 0) is 17.5 Å². The fourth-order valence-electron chi connectivity index (χ4n) is 2.49.